The molecule has 11 heteroatoms. The Hall–Kier alpha value is -2.24. The number of aromatic nitrogens is 4. The number of sulfonamides is 1. The number of tetrazole rings is 1. The molecule has 1 unspecified atom stereocenters. The summed E-state index contributed by atoms with van der Waals surface area (Å²) in [6.07, 6.45) is 3.60. The Morgan fingerprint density at radius 1 is 1.39 bits per heavy atom. The Bertz CT molecular complexity index is 938. The molecule has 0 bridgehead atoms. The van der Waals surface area contributed by atoms with E-state index in [2.05, 4.69) is 32.1 Å². The van der Waals surface area contributed by atoms with Gasteiger partial charge in [-0.05, 0) is 47.9 Å². The van der Waals surface area contributed by atoms with Crippen molar-refractivity contribution in [3.05, 3.63) is 42.5 Å². The van der Waals surface area contributed by atoms with E-state index in [9.17, 15) is 13.2 Å². The minimum atomic E-state index is -3.41. The molecule has 2 aromatic rings. The van der Waals surface area contributed by atoms with E-state index in [0.29, 0.717) is 22.4 Å². The molecule has 3 rings (SSSR count). The summed E-state index contributed by atoms with van der Waals surface area (Å²) >= 11 is 1.31. The van der Waals surface area contributed by atoms with Gasteiger partial charge in [-0.25, -0.2) is 17.8 Å². The van der Waals surface area contributed by atoms with E-state index in [4.69, 9.17) is 0 Å². The predicted molar refractivity (Wildman–Crippen MR) is 107 cm³/mol. The van der Waals surface area contributed by atoms with Gasteiger partial charge in [-0.2, -0.15) is 0 Å². The SMILES string of the molecule is C=CCNS(=O)(=O)Cc1ccc(NC(=O)C(C)Sc2nnnn2C2CC2)cc1. The topological polar surface area (TPSA) is 119 Å². The summed E-state index contributed by atoms with van der Waals surface area (Å²) in [5.74, 6) is -0.311. The van der Waals surface area contributed by atoms with Gasteiger partial charge in [-0.15, -0.1) is 11.7 Å². The lowest BCUT2D eigenvalue weighted by atomic mass is 10.2. The van der Waals surface area contributed by atoms with Crippen LogP contribution < -0.4 is 10.0 Å². The number of rotatable bonds is 10. The number of anilines is 1. The van der Waals surface area contributed by atoms with Crippen molar-refractivity contribution in [2.45, 2.75) is 42.0 Å². The number of hydrogen-bond acceptors (Lipinski definition) is 7. The van der Waals surface area contributed by atoms with E-state index in [1.807, 2.05) is 0 Å². The second-order valence-corrected chi connectivity index (χ2v) is 9.59. The van der Waals surface area contributed by atoms with Crippen molar-refractivity contribution in [3.8, 4) is 0 Å². The minimum Gasteiger partial charge on any atom is -0.325 e. The van der Waals surface area contributed by atoms with Gasteiger partial charge in [0.1, 0.15) is 0 Å². The first-order chi connectivity index (χ1) is 13.4. The van der Waals surface area contributed by atoms with Gasteiger partial charge in [-0.1, -0.05) is 30.0 Å². The van der Waals surface area contributed by atoms with Gasteiger partial charge < -0.3 is 5.32 Å². The Balaban J connectivity index is 1.55. The van der Waals surface area contributed by atoms with Crippen molar-refractivity contribution >= 4 is 33.4 Å². The van der Waals surface area contributed by atoms with E-state index < -0.39 is 10.0 Å². The first-order valence-electron chi connectivity index (χ1n) is 8.80. The lowest BCUT2D eigenvalue weighted by Gasteiger charge is -2.12. The van der Waals surface area contributed by atoms with Gasteiger partial charge in [0.05, 0.1) is 17.0 Å². The van der Waals surface area contributed by atoms with Crippen LogP contribution in [-0.2, 0) is 20.6 Å². The zero-order valence-corrected chi connectivity index (χ0v) is 17.0. The average molecular weight is 423 g/mol. The summed E-state index contributed by atoms with van der Waals surface area (Å²) in [5.41, 5.74) is 1.22. The third-order valence-corrected chi connectivity index (χ3v) is 6.40. The molecule has 150 valence electrons. The normalized spacial score (nSPS) is 15.2. The van der Waals surface area contributed by atoms with Crippen LogP contribution >= 0.6 is 11.8 Å². The molecule has 1 fully saturated rings. The van der Waals surface area contributed by atoms with Crippen molar-refractivity contribution in [1.82, 2.24) is 24.9 Å². The molecule has 1 aromatic heterocycles. The lowest BCUT2D eigenvalue weighted by molar-refractivity contribution is -0.115. The van der Waals surface area contributed by atoms with E-state index in [1.54, 1.807) is 35.9 Å². The van der Waals surface area contributed by atoms with Crippen molar-refractivity contribution in [2.24, 2.45) is 0 Å². The molecule has 1 atom stereocenters. The summed E-state index contributed by atoms with van der Waals surface area (Å²) in [4.78, 5) is 12.4. The smallest absolute Gasteiger partial charge is 0.237 e. The van der Waals surface area contributed by atoms with E-state index in [0.717, 1.165) is 12.8 Å². The van der Waals surface area contributed by atoms with Gasteiger partial charge >= 0.3 is 0 Å². The Kier molecular flexibility index (Phi) is 6.47. The highest BCUT2D eigenvalue weighted by atomic mass is 32.2. The molecular formula is C17H22N6O3S2. The van der Waals surface area contributed by atoms with Crippen LogP contribution in [0, 0.1) is 0 Å². The molecule has 1 aliphatic carbocycles. The minimum absolute atomic E-state index is 0.134. The van der Waals surface area contributed by atoms with E-state index in [1.165, 1.54) is 17.8 Å². The number of carbonyl (C=O) groups is 1. The highest BCUT2D eigenvalue weighted by molar-refractivity contribution is 8.00. The van der Waals surface area contributed by atoms with Gasteiger partial charge in [-0.3, -0.25) is 4.79 Å². The third-order valence-electron chi connectivity index (χ3n) is 4.03. The van der Waals surface area contributed by atoms with Gasteiger partial charge in [0.15, 0.2) is 0 Å². The molecule has 1 heterocycles. The Labute approximate surface area is 168 Å². The molecule has 0 aliphatic heterocycles. The van der Waals surface area contributed by atoms with Crippen molar-refractivity contribution in [2.75, 3.05) is 11.9 Å². The predicted octanol–water partition coefficient (Wildman–Crippen LogP) is 1.73. The molecule has 0 spiro atoms. The quantitative estimate of drug-likeness (QED) is 0.442. The largest absolute Gasteiger partial charge is 0.325 e. The number of carbonyl (C=O) groups excluding carboxylic acids is 1. The standard InChI is InChI=1S/C17H22N6O3S2/c1-3-10-18-28(25,26)11-13-4-6-14(7-5-13)19-16(24)12(2)27-17-20-21-22-23(17)15-8-9-15/h3-7,12,15,18H,1,8-11H2,2H3,(H,19,24). The number of amides is 1. The first kappa shape index (κ1) is 20.5. The second kappa shape index (κ2) is 8.84. The third kappa shape index (κ3) is 5.63. The Morgan fingerprint density at radius 3 is 2.75 bits per heavy atom. The molecule has 2 N–H and O–H groups in total. The van der Waals surface area contributed by atoms with Crippen LogP contribution in [0.3, 0.4) is 0 Å². The van der Waals surface area contributed by atoms with Crippen LogP contribution in [0.4, 0.5) is 5.69 Å². The average Bonchev–Trinajstić information content (AvgIpc) is 3.40. The number of benzene rings is 1. The van der Waals surface area contributed by atoms with Crippen LogP contribution in [-0.4, -0.2) is 46.3 Å². The zero-order valence-electron chi connectivity index (χ0n) is 15.4. The number of nitrogens with zero attached hydrogens (tertiary/aromatic N) is 4. The van der Waals surface area contributed by atoms with Crippen molar-refractivity contribution < 1.29 is 13.2 Å². The fourth-order valence-electron chi connectivity index (χ4n) is 2.41. The van der Waals surface area contributed by atoms with Crippen molar-refractivity contribution in [1.29, 1.82) is 0 Å². The molecule has 1 aromatic carbocycles. The number of thioether (sulfide) groups is 1. The van der Waals surface area contributed by atoms with Gasteiger partial charge in [0.25, 0.3) is 0 Å². The van der Waals surface area contributed by atoms with Crippen LogP contribution in [0.15, 0.2) is 42.1 Å². The van der Waals surface area contributed by atoms with Gasteiger partial charge in [0.2, 0.25) is 21.1 Å². The lowest BCUT2D eigenvalue weighted by Crippen LogP contribution is -2.25. The van der Waals surface area contributed by atoms with Crippen LogP contribution in [0.2, 0.25) is 0 Å². The molecule has 1 aliphatic rings. The highest BCUT2D eigenvalue weighted by Crippen LogP contribution is 2.37. The maximum Gasteiger partial charge on any atom is 0.237 e. The number of nitrogens with one attached hydrogen (secondary N) is 2. The Morgan fingerprint density at radius 2 is 2.11 bits per heavy atom. The second-order valence-electron chi connectivity index (χ2n) is 6.48. The van der Waals surface area contributed by atoms with Crippen molar-refractivity contribution in [3.63, 3.8) is 0 Å². The zero-order chi connectivity index (χ0) is 20.1. The molecule has 9 nitrogen and oxygen atoms in total. The fraction of sp³-hybridized carbons (Fsp3) is 0.412. The van der Waals surface area contributed by atoms with Crippen LogP contribution in [0.5, 0.6) is 0 Å². The summed E-state index contributed by atoms with van der Waals surface area (Å²) in [7, 11) is -3.41. The molecule has 1 saturated carbocycles. The highest BCUT2D eigenvalue weighted by Gasteiger charge is 2.29. The van der Waals surface area contributed by atoms with Crippen LogP contribution in [0.1, 0.15) is 31.4 Å². The maximum atomic E-state index is 12.4. The summed E-state index contributed by atoms with van der Waals surface area (Å²) in [5, 5.41) is 14.7. The molecule has 28 heavy (non-hydrogen) atoms. The summed E-state index contributed by atoms with van der Waals surface area (Å²) in [6, 6.07) is 7.06. The maximum absolute atomic E-state index is 12.4. The van der Waals surface area contributed by atoms with Crippen LogP contribution in [0.25, 0.3) is 0 Å². The summed E-state index contributed by atoms with van der Waals surface area (Å²) in [6.45, 7) is 5.46. The molecule has 0 radical (unpaired) electrons. The molecule has 0 saturated heterocycles. The fourth-order valence-corrected chi connectivity index (χ4v) is 4.37. The summed E-state index contributed by atoms with van der Waals surface area (Å²) < 4.78 is 28.0. The molecule has 1 amide bonds. The monoisotopic (exact) mass is 422 g/mol. The first-order valence-corrected chi connectivity index (χ1v) is 11.3. The molecular weight excluding hydrogens is 400 g/mol. The van der Waals surface area contributed by atoms with E-state index >= 15 is 0 Å². The van der Waals surface area contributed by atoms with Gasteiger partial charge in [0, 0.05) is 12.2 Å². The number of hydrogen-bond donors (Lipinski definition) is 2. The van der Waals surface area contributed by atoms with E-state index in [-0.39, 0.29) is 23.5 Å².